The van der Waals surface area contributed by atoms with Crippen molar-refractivity contribution in [1.82, 2.24) is 4.98 Å². The van der Waals surface area contributed by atoms with E-state index in [4.69, 9.17) is 10.5 Å². The maximum atomic E-state index is 11.9. The van der Waals surface area contributed by atoms with E-state index in [-0.39, 0.29) is 0 Å². The van der Waals surface area contributed by atoms with Crippen LogP contribution in [-0.4, -0.2) is 24.6 Å². The number of hydrogen-bond acceptors (Lipinski definition) is 5. The number of aromatic nitrogens is 1. The summed E-state index contributed by atoms with van der Waals surface area (Å²) in [6.07, 6.45) is 1.75. The SMILES string of the molecule is CCOC(=O)c1cccc(N(C)Cc2ccccn2)c1N. The molecule has 0 aliphatic rings. The van der Waals surface area contributed by atoms with Crippen molar-refractivity contribution in [3.05, 3.63) is 53.9 Å². The summed E-state index contributed by atoms with van der Waals surface area (Å²) in [7, 11) is 1.91. The lowest BCUT2D eigenvalue weighted by molar-refractivity contribution is 0.0527. The number of benzene rings is 1. The van der Waals surface area contributed by atoms with Crippen LogP contribution in [0, 0.1) is 0 Å². The Morgan fingerprint density at radius 3 is 2.76 bits per heavy atom. The van der Waals surface area contributed by atoms with Gasteiger partial charge in [0.05, 0.1) is 35.8 Å². The zero-order valence-corrected chi connectivity index (χ0v) is 12.2. The second-order valence-corrected chi connectivity index (χ2v) is 4.64. The highest BCUT2D eigenvalue weighted by Gasteiger charge is 2.15. The molecule has 5 heteroatoms. The molecule has 0 saturated carbocycles. The van der Waals surface area contributed by atoms with Crippen molar-refractivity contribution in [2.45, 2.75) is 13.5 Å². The number of pyridine rings is 1. The molecule has 2 aromatic rings. The number of para-hydroxylation sites is 1. The van der Waals surface area contributed by atoms with Crippen LogP contribution in [0.5, 0.6) is 0 Å². The molecule has 0 saturated heterocycles. The molecule has 5 nitrogen and oxygen atoms in total. The number of nitrogens with zero attached hydrogens (tertiary/aromatic N) is 2. The molecule has 2 N–H and O–H groups in total. The van der Waals surface area contributed by atoms with Crippen LogP contribution >= 0.6 is 0 Å². The molecule has 2 rings (SSSR count). The summed E-state index contributed by atoms with van der Waals surface area (Å²) in [6.45, 7) is 2.70. The molecule has 0 atom stereocenters. The van der Waals surface area contributed by atoms with Crippen molar-refractivity contribution in [2.24, 2.45) is 0 Å². The van der Waals surface area contributed by atoms with Crippen LogP contribution in [0.3, 0.4) is 0 Å². The number of carbonyl (C=O) groups excluding carboxylic acids is 1. The Morgan fingerprint density at radius 1 is 1.29 bits per heavy atom. The molecule has 110 valence electrons. The third-order valence-electron chi connectivity index (χ3n) is 3.12. The van der Waals surface area contributed by atoms with Gasteiger partial charge in [0.1, 0.15) is 0 Å². The predicted octanol–water partition coefficient (Wildman–Crippen LogP) is 2.48. The first-order valence-corrected chi connectivity index (χ1v) is 6.80. The van der Waals surface area contributed by atoms with Gasteiger partial charge in [0.2, 0.25) is 0 Å². The number of carbonyl (C=O) groups is 1. The molecule has 0 aliphatic heterocycles. The van der Waals surface area contributed by atoms with Gasteiger partial charge in [-0.1, -0.05) is 12.1 Å². The highest BCUT2D eigenvalue weighted by molar-refractivity contribution is 5.98. The molecule has 1 aromatic heterocycles. The molecule has 0 fully saturated rings. The van der Waals surface area contributed by atoms with Crippen LogP contribution in [-0.2, 0) is 11.3 Å². The van der Waals surface area contributed by atoms with E-state index in [2.05, 4.69) is 4.98 Å². The van der Waals surface area contributed by atoms with E-state index in [0.29, 0.717) is 24.4 Å². The molecule has 0 unspecified atom stereocenters. The maximum Gasteiger partial charge on any atom is 0.340 e. The Kier molecular flexibility index (Phi) is 4.77. The topological polar surface area (TPSA) is 68.5 Å². The van der Waals surface area contributed by atoms with Crippen LogP contribution < -0.4 is 10.6 Å². The largest absolute Gasteiger partial charge is 0.462 e. The number of nitrogens with two attached hydrogens (primary N) is 1. The number of rotatable bonds is 5. The second-order valence-electron chi connectivity index (χ2n) is 4.64. The van der Waals surface area contributed by atoms with E-state index in [1.165, 1.54) is 0 Å². The van der Waals surface area contributed by atoms with Crippen LogP contribution in [0.15, 0.2) is 42.6 Å². The van der Waals surface area contributed by atoms with E-state index in [1.807, 2.05) is 36.2 Å². The Hall–Kier alpha value is -2.56. The molecule has 1 aromatic carbocycles. The van der Waals surface area contributed by atoms with Crippen LogP contribution in [0.25, 0.3) is 0 Å². The molecular weight excluding hydrogens is 266 g/mol. The molecular formula is C16H19N3O2. The smallest absolute Gasteiger partial charge is 0.340 e. The summed E-state index contributed by atoms with van der Waals surface area (Å²) in [5, 5.41) is 0. The predicted molar refractivity (Wildman–Crippen MR) is 83.2 cm³/mol. The van der Waals surface area contributed by atoms with Gasteiger partial charge in [0, 0.05) is 13.2 Å². The van der Waals surface area contributed by atoms with E-state index in [0.717, 1.165) is 11.4 Å². The fraction of sp³-hybridized carbons (Fsp3) is 0.250. The van der Waals surface area contributed by atoms with E-state index in [1.54, 1.807) is 25.3 Å². The first kappa shape index (κ1) is 14.8. The Morgan fingerprint density at radius 2 is 2.10 bits per heavy atom. The zero-order valence-electron chi connectivity index (χ0n) is 12.2. The molecule has 1 heterocycles. The minimum Gasteiger partial charge on any atom is -0.462 e. The van der Waals surface area contributed by atoms with Gasteiger partial charge in [0.25, 0.3) is 0 Å². The lowest BCUT2D eigenvalue weighted by atomic mass is 10.1. The number of hydrogen-bond donors (Lipinski definition) is 1. The van der Waals surface area contributed by atoms with Gasteiger partial charge >= 0.3 is 5.97 Å². The zero-order chi connectivity index (χ0) is 15.2. The van der Waals surface area contributed by atoms with Gasteiger partial charge < -0.3 is 15.4 Å². The van der Waals surface area contributed by atoms with E-state index in [9.17, 15) is 4.79 Å². The second kappa shape index (κ2) is 6.74. The third-order valence-corrected chi connectivity index (χ3v) is 3.12. The summed E-state index contributed by atoms with van der Waals surface area (Å²) in [4.78, 5) is 18.1. The number of anilines is 2. The van der Waals surface area contributed by atoms with Crippen molar-refractivity contribution in [3.63, 3.8) is 0 Å². The van der Waals surface area contributed by atoms with Crippen LogP contribution in [0.1, 0.15) is 23.0 Å². The summed E-state index contributed by atoms with van der Waals surface area (Å²) in [6, 6.07) is 11.1. The molecule has 0 radical (unpaired) electrons. The van der Waals surface area contributed by atoms with Gasteiger partial charge in [-0.15, -0.1) is 0 Å². The van der Waals surface area contributed by atoms with E-state index >= 15 is 0 Å². The monoisotopic (exact) mass is 285 g/mol. The Bertz CT molecular complexity index is 614. The van der Waals surface area contributed by atoms with Crippen molar-refractivity contribution in [3.8, 4) is 0 Å². The highest BCUT2D eigenvalue weighted by Crippen LogP contribution is 2.27. The molecule has 0 bridgehead atoms. The van der Waals surface area contributed by atoms with Crippen LogP contribution in [0.2, 0.25) is 0 Å². The number of ether oxygens (including phenoxy) is 1. The van der Waals surface area contributed by atoms with Gasteiger partial charge in [-0.25, -0.2) is 4.79 Å². The first-order chi connectivity index (χ1) is 10.1. The van der Waals surface area contributed by atoms with Crippen molar-refractivity contribution in [1.29, 1.82) is 0 Å². The maximum absolute atomic E-state index is 11.9. The van der Waals surface area contributed by atoms with Crippen LogP contribution in [0.4, 0.5) is 11.4 Å². The number of nitrogen functional groups attached to an aromatic ring is 1. The summed E-state index contributed by atoms with van der Waals surface area (Å²) in [5.74, 6) is -0.400. The van der Waals surface area contributed by atoms with Gasteiger partial charge in [-0.3, -0.25) is 4.98 Å². The van der Waals surface area contributed by atoms with Crippen molar-refractivity contribution in [2.75, 3.05) is 24.3 Å². The lowest BCUT2D eigenvalue weighted by Gasteiger charge is -2.21. The highest BCUT2D eigenvalue weighted by atomic mass is 16.5. The fourth-order valence-electron chi connectivity index (χ4n) is 2.09. The summed E-state index contributed by atoms with van der Waals surface area (Å²) in [5.41, 5.74) is 8.64. The Labute approximate surface area is 124 Å². The van der Waals surface area contributed by atoms with Crippen molar-refractivity contribution >= 4 is 17.3 Å². The summed E-state index contributed by atoms with van der Waals surface area (Å²) < 4.78 is 5.01. The molecule has 0 aliphatic carbocycles. The lowest BCUT2D eigenvalue weighted by Crippen LogP contribution is -2.20. The summed E-state index contributed by atoms with van der Waals surface area (Å²) >= 11 is 0. The molecule has 0 amide bonds. The van der Waals surface area contributed by atoms with E-state index < -0.39 is 5.97 Å². The standard InChI is InChI=1S/C16H19N3O2/c1-3-21-16(20)13-8-6-9-14(15(13)17)19(2)11-12-7-4-5-10-18-12/h4-10H,3,11,17H2,1-2H3. The molecule has 0 spiro atoms. The van der Waals surface area contributed by atoms with Gasteiger partial charge in [-0.2, -0.15) is 0 Å². The minimum absolute atomic E-state index is 0.326. The normalized spacial score (nSPS) is 10.2. The van der Waals surface area contributed by atoms with Crippen molar-refractivity contribution < 1.29 is 9.53 Å². The van der Waals surface area contributed by atoms with Gasteiger partial charge in [-0.05, 0) is 31.2 Å². The minimum atomic E-state index is -0.400. The quantitative estimate of drug-likeness (QED) is 0.675. The van der Waals surface area contributed by atoms with Gasteiger partial charge in [0.15, 0.2) is 0 Å². The average molecular weight is 285 g/mol. The third kappa shape index (κ3) is 3.51. The Balaban J connectivity index is 2.23. The number of esters is 1. The molecule has 21 heavy (non-hydrogen) atoms. The fourth-order valence-corrected chi connectivity index (χ4v) is 2.09. The first-order valence-electron chi connectivity index (χ1n) is 6.80. The average Bonchev–Trinajstić information content (AvgIpc) is 2.48.